The molecule has 1 unspecified atom stereocenters. The van der Waals surface area contributed by atoms with E-state index >= 15 is 0 Å². The number of amides is 1. The Hall–Kier alpha value is -1.55. The summed E-state index contributed by atoms with van der Waals surface area (Å²) in [6.45, 7) is 3.88. The van der Waals surface area contributed by atoms with Crippen LogP contribution in [-0.4, -0.2) is 17.6 Å². The zero-order chi connectivity index (χ0) is 11.4. The van der Waals surface area contributed by atoms with Crippen molar-refractivity contribution in [1.29, 1.82) is 0 Å². The van der Waals surface area contributed by atoms with E-state index in [4.69, 9.17) is 5.73 Å². The number of hydrogen-bond acceptors (Lipinski definition) is 3. The molecule has 1 amide bonds. The monoisotopic (exact) mass is 208 g/mol. The van der Waals surface area contributed by atoms with Gasteiger partial charge in [0.05, 0.1) is 6.54 Å². The van der Waals surface area contributed by atoms with Gasteiger partial charge < -0.3 is 16.2 Å². The van der Waals surface area contributed by atoms with Crippen LogP contribution in [0.4, 0.5) is 0 Å². The van der Waals surface area contributed by atoms with E-state index in [0.717, 1.165) is 11.1 Å². The van der Waals surface area contributed by atoms with E-state index < -0.39 is 5.91 Å². The molecule has 0 saturated heterocycles. The van der Waals surface area contributed by atoms with Crippen LogP contribution >= 0.6 is 0 Å². The molecule has 4 heteroatoms. The number of aryl methyl sites for hydroxylation is 1. The number of carbonyl (C=O) groups is 1. The Bertz CT molecular complexity index is 364. The highest BCUT2D eigenvalue weighted by molar-refractivity contribution is 5.75. The molecule has 0 radical (unpaired) electrons. The van der Waals surface area contributed by atoms with Gasteiger partial charge in [0.2, 0.25) is 5.91 Å². The Morgan fingerprint density at radius 2 is 2.27 bits per heavy atom. The summed E-state index contributed by atoms with van der Waals surface area (Å²) in [5.74, 6) is -0.173. The summed E-state index contributed by atoms with van der Waals surface area (Å²) < 4.78 is 0. The number of nitrogens with two attached hydrogens (primary N) is 1. The molecular formula is C11H16N2O2. The van der Waals surface area contributed by atoms with Gasteiger partial charge >= 0.3 is 0 Å². The molecule has 4 nitrogen and oxygen atoms in total. The van der Waals surface area contributed by atoms with Crippen LogP contribution in [0.25, 0.3) is 0 Å². The first-order chi connectivity index (χ1) is 7.00. The van der Waals surface area contributed by atoms with Crippen molar-refractivity contribution in [3.05, 3.63) is 29.3 Å². The minimum Gasteiger partial charge on any atom is -0.508 e. The van der Waals surface area contributed by atoms with E-state index in [1.807, 2.05) is 26.0 Å². The molecule has 0 aliphatic rings. The first-order valence-corrected chi connectivity index (χ1v) is 4.82. The summed E-state index contributed by atoms with van der Waals surface area (Å²) in [4.78, 5) is 10.6. The van der Waals surface area contributed by atoms with Crippen LogP contribution in [0.3, 0.4) is 0 Å². The lowest BCUT2D eigenvalue weighted by atomic mass is 10.1. The smallest absolute Gasteiger partial charge is 0.231 e. The predicted molar refractivity (Wildman–Crippen MR) is 58.5 cm³/mol. The lowest BCUT2D eigenvalue weighted by Crippen LogP contribution is -2.30. The SMILES string of the molecule is Cc1ccc(C(C)NCC(N)=O)c(O)c1. The van der Waals surface area contributed by atoms with Crippen molar-refractivity contribution in [3.8, 4) is 5.75 Å². The fourth-order valence-corrected chi connectivity index (χ4v) is 1.38. The average molecular weight is 208 g/mol. The number of phenolic OH excluding ortho intramolecular Hbond substituents is 1. The maximum Gasteiger partial charge on any atom is 0.231 e. The highest BCUT2D eigenvalue weighted by atomic mass is 16.3. The van der Waals surface area contributed by atoms with Gasteiger partial charge in [-0.05, 0) is 25.5 Å². The Morgan fingerprint density at radius 1 is 1.60 bits per heavy atom. The Kier molecular flexibility index (Phi) is 3.68. The van der Waals surface area contributed by atoms with Gasteiger partial charge in [0.15, 0.2) is 0 Å². The molecule has 0 aromatic heterocycles. The van der Waals surface area contributed by atoms with Gasteiger partial charge in [0.25, 0.3) is 0 Å². The van der Waals surface area contributed by atoms with Crippen molar-refractivity contribution in [2.45, 2.75) is 19.9 Å². The summed E-state index contributed by atoms with van der Waals surface area (Å²) in [5.41, 5.74) is 6.78. The quantitative estimate of drug-likeness (QED) is 0.686. The van der Waals surface area contributed by atoms with E-state index in [1.54, 1.807) is 6.07 Å². The molecule has 1 aromatic carbocycles. The van der Waals surface area contributed by atoms with Gasteiger partial charge in [-0.15, -0.1) is 0 Å². The second kappa shape index (κ2) is 4.79. The van der Waals surface area contributed by atoms with E-state index in [9.17, 15) is 9.90 Å². The summed E-state index contributed by atoms with van der Waals surface area (Å²) in [7, 11) is 0. The van der Waals surface area contributed by atoms with Crippen LogP contribution in [0, 0.1) is 6.92 Å². The van der Waals surface area contributed by atoms with Crippen LogP contribution in [0.2, 0.25) is 0 Å². The summed E-state index contributed by atoms with van der Waals surface area (Å²) in [6.07, 6.45) is 0. The molecule has 0 bridgehead atoms. The topological polar surface area (TPSA) is 75.3 Å². The number of primary amides is 1. The van der Waals surface area contributed by atoms with Crippen molar-refractivity contribution >= 4 is 5.91 Å². The second-order valence-corrected chi connectivity index (χ2v) is 3.63. The second-order valence-electron chi connectivity index (χ2n) is 3.63. The minimum absolute atomic E-state index is 0.0990. The maximum atomic E-state index is 10.6. The van der Waals surface area contributed by atoms with Crippen LogP contribution in [-0.2, 0) is 4.79 Å². The van der Waals surface area contributed by atoms with E-state index in [2.05, 4.69) is 5.32 Å². The molecule has 4 N–H and O–H groups in total. The molecular weight excluding hydrogens is 192 g/mol. The first kappa shape index (κ1) is 11.5. The van der Waals surface area contributed by atoms with Gasteiger partial charge in [-0.1, -0.05) is 12.1 Å². The third-order valence-electron chi connectivity index (χ3n) is 2.23. The molecule has 15 heavy (non-hydrogen) atoms. The largest absolute Gasteiger partial charge is 0.508 e. The summed E-state index contributed by atoms with van der Waals surface area (Å²) in [5, 5.41) is 12.6. The number of hydrogen-bond donors (Lipinski definition) is 3. The zero-order valence-electron chi connectivity index (χ0n) is 8.95. The Morgan fingerprint density at radius 3 is 2.80 bits per heavy atom. The third kappa shape index (κ3) is 3.25. The van der Waals surface area contributed by atoms with Gasteiger partial charge in [0, 0.05) is 11.6 Å². The Balaban J connectivity index is 2.73. The zero-order valence-corrected chi connectivity index (χ0v) is 8.95. The fraction of sp³-hybridized carbons (Fsp3) is 0.364. The van der Waals surface area contributed by atoms with Crippen LogP contribution in [0.15, 0.2) is 18.2 Å². The third-order valence-corrected chi connectivity index (χ3v) is 2.23. The number of rotatable bonds is 4. The van der Waals surface area contributed by atoms with Gasteiger partial charge in [0.1, 0.15) is 5.75 Å². The molecule has 0 aliphatic heterocycles. The van der Waals surface area contributed by atoms with Crippen molar-refractivity contribution in [3.63, 3.8) is 0 Å². The minimum atomic E-state index is -0.409. The molecule has 0 fully saturated rings. The molecule has 1 rings (SSSR count). The molecule has 1 aromatic rings. The molecule has 1 atom stereocenters. The van der Waals surface area contributed by atoms with Crippen molar-refractivity contribution < 1.29 is 9.90 Å². The molecule has 0 aliphatic carbocycles. The normalized spacial score (nSPS) is 12.4. The van der Waals surface area contributed by atoms with Crippen molar-refractivity contribution in [2.75, 3.05) is 6.54 Å². The van der Waals surface area contributed by atoms with E-state index in [1.165, 1.54) is 0 Å². The molecule has 0 spiro atoms. The van der Waals surface area contributed by atoms with Gasteiger partial charge in [-0.25, -0.2) is 0 Å². The molecule has 0 saturated carbocycles. The average Bonchev–Trinajstić information content (AvgIpc) is 2.14. The predicted octanol–water partition coefficient (Wildman–Crippen LogP) is 0.837. The number of carbonyl (C=O) groups excluding carboxylic acids is 1. The fourth-order valence-electron chi connectivity index (χ4n) is 1.38. The number of phenols is 1. The van der Waals surface area contributed by atoms with Crippen LogP contribution < -0.4 is 11.1 Å². The lowest BCUT2D eigenvalue weighted by Gasteiger charge is -2.14. The van der Waals surface area contributed by atoms with Crippen LogP contribution in [0.5, 0.6) is 5.75 Å². The molecule has 82 valence electrons. The molecule has 0 heterocycles. The standard InChI is InChI=1S/C11H16N2O2/c1-7-3-4-9(10(14)5-7)8(2)13-6-11(12)15/h3-5,8,13-14H,6H2,1-2H3,(H2,12,15). The first-order valence-electron chi connectivity index (χ1n) is 4.82. The highest BCUT2D eigenvalue weighted by Crippen LogP contribution is 2.24. The summed E-state index contributed by atoms with van der Waals surface area (Å²) >= 11 is 0. The van der Waals surface area contributed by atoms with E-state index in [0.29, 0.717) is 0 Å². The van der Waals surface area contributed by atoms with Crippen molar-refractivity contribution in [2.24, 2.45) is 5.73 Å². The number of aromatic hydroxyl groups is 1. The number of benzene rings is 1. The van der Waals surface area contributed by atoms with Crippen molar-refractivity contribution in [1.82, 2.24) is 5.32 Å². The Labute approximate surface area is 89.1 Å². The highest BCUT2D eigenvalue weighted by Gasteiger charge is 2.10. The maximum absolute atomic E-state index is 10.6. The summed E-state index contributed by atoms with van der Waals surface area (Å²) in [6, 6.07) is 5.34. The van der Waals surface area contributed by atoms with Gasteiger partial charge in [-0.3, -0.25) is 4.79 Å². The van der Waals surface area contributed by atoms with Gasteiger partial charge in [-0.2, -0.15) is 0 Å². The number of nitrogens with one attached hydrogen (secondary N) is 1. The lowest BCUT2D eigenvalue weighted by molar-refractivity contribution is -0.117. The van der Waals surface area contributed by atoms with Crippen LogP contribution in [0.1, 0.15) is 24.1 Å². The van der Waals surface area contributed by atoms with E-state index in [-0.39, 0.29) is 18.3 Å².